The lowest BCUT2D eigenvalue weighted by atomic mass is 10.5. The van der Waals surface area contributed by atoms with Crippen molar-refractivity contribution in [2.45, 2.75) is 0 Å². The second-order valence-electron chi connectivity index (χ2n) is 2.99. The fourth-order valence-electron chi connectivity index (χ4n) is 0.774. The van der Waals surface area contributed by atoms with Crippen molar-refractivity contribution in [2.24, 2.45) is 0 Å². The van der Waals surface area contributed by atoms with Crippen LogP contribution in [0.1, 0.15) is 0 Å². The molecule has 0 fully saturated rings. The molecule has 0 rings (SSSR count). The van der Waals surface area contributed by atoms with Gasteiger partial charge >= 0.3 is 5.97 Å². The monoisotopic (exact) mass is 264 g/mol. The molecule has 0 aromatic rings. The first-order valence-corrected chi connectivity index (χ1v) is 6.03. The Morgan fingerprint density at radius 2 is 1.82 bits per heavy atom. The summed E-state index contributed by atoms with van der Waals surface area (Å²) in [5, 5.41) is 12.8. The third-order valence-corrected chi connectivity index (χ3v) is 2.47. The average molecular weight is 264 g/mol. The molecule has 2 amide bonds. The molecule has 0 saturated carbocycles. The largest absolute Gasteiger partial charge is 0.480 e. The van der Waals surface area contributed by atoms with Gasteiger partial charge in [0.1, 0.15) is 6.54 Å². The van der Waals surface area contributed by atoms with Crippen LogP contribution in [-0.2, 0) is 19.1 Å². The summed E-state index contributed by atoms with van der Waals surface area (Å²) in [7, 11) is 1.58. The van der Waals surface area contributed by atoms with Crippen LogP contribution >= 0.6 is 11.8 Å². The number of aliphatic carboxylic acids is 1. The van der Waals surface area contributed by atoms with Gasteiger partial charge in [0.15, 0.2) is 0 Å². The summed E-state index contributed by atoms with van der Waals surface area (Å²) >= 11 is 1.39. The van der Waals surface area contributed by atoms with Gasteiger partial charge in [-0.25, -0.2) is 0 Å². The molecule has 0 radical (unpaired) electrons. The van der Waals surface area contributed by atoms with Crippen LogP contribution in [0.4, 0.5) is 0 Å². The molecule has 8 heteroatoms. The van der Waals surface area contributed by atoms with Crippen LogP contribution in [0, 0.1) is 0 Å². The maximum Gasteiger partial charge on any atom is 0.322 e. The summed E-state index contributed by atoms with van der Waals surface area (Å²) in [5.41, 5.74) is 0. The zero-order chi connectivity index (χ0) is 13.1. The first kappa shape index (κ1) is 15.7. The molecule has 0 bridgehead atoms. The van der Waals surface area contributed by atoms with Crippen LogP contribution in [0.2, 0.25) is 0 Å². The predicted octanol–water partition coefficient (Wildman–Crippen LogP) is -1.32. The van der Waals surface area contributed by atoms with E-state index in [1.54, 1.807) is 7.11 Å². The van der Waals surface area contributed by atoms with Gasteiger partial charge in [-0.05, 0) is 0 Å². The summed E-state index contributed by atoms with van der Waals surface area (Å²) in [6.45, 7) is -0.0920. The Morgan fingerprint density at radius 3 is 2.41 bits per heavy atom. The van der Waals surface area contributed by atoms with Crippen molar-refractivity contribution in [3.8, 4) is 0 Å². The lowest BCUT2D eigenvalue weighted by Gasteiger charge is -2.05. The number of carbonyl (C=O) groups excluding carboxylic acids is 2. The molecule has 7 nitrogen and oxygen atoms in total. The number of hydrogen-bond acceptors (Lipinski definition) is 5. The van der Waals surface area contributed by atoms with Gasteiger partial charge in [-0.3, -0.25) is 14.4 Å². The van der Waals surface area contributed by atoms with Crippen LogP contribution in [0.3, 0.4) is 0 Å². The summed E-state index contributed by atoms with van der Waals surface area (Å²) < 4.78 is 4.80. The molecule has 0 spiro atoms. The Labute approximate surface area is 103 Å². The number of carboxylic acid groups (broad SMARTS) is 1. The molecule has 0 unspecified atom stereocenters. The van der Waals surface area contributed by atoms with Crippen molar-refractivity contribution < 1.29 is 24.2 Å². The van der Waals surface area contributed by atoms with E-state index < -0.39 is 18.4 Å². The Bertz CT molecular complexity index is 272. The molecule has 0 aromatic heterocycles. The average Bonchev–Trinajstić information content (AvgIpc) is 2.29. The van der Waals surface area contributed by atoms with Crippen molar-refractivity contribution in [3.05, 3.63) is 0 Å². The number of carbonyl (C=O) groups is 3. The van der Waals surface area contributed by atoms with Crippen molar-refractivity contribution in [1.82, 2.24) is 10.6 Å². The zero-order valence-electron chi connectivity index (χ0n) is 9.52. The zero-order valence-corrected chi connectivity index (χ0v) is 10.3. The smallest absolute Gasteiger partial charge is 0.322 e. The van der Waals surface area contributed by atoms with Gasteiger partial charge in [0.05, 0.1) is 18.9 Å². The minimum Gasteiger partial charge on any atom is -0.480 e. The molecular formula is C9H16N2O5S. The van der Waals surface area contributed by atoms with E-state index in [2.05, 4.69) is 10.6 Å². The number of rotatable bonds is 9. The highest BCUT2D eigenvalue weighted by Crippen LogP contribution is 1.97. The van der Waals surface area contributed by atoms with E-state index in [1.165, 1.54) is 11.8 Å². The second-order valence-corrected chi connectivity index (χ2v) is 4.10. The van der Waals surface area contributed by atoms with Gasteiger partial charge in [-0.1, -0.05) is 0 Å². The summed E-state index contributed by atoms with van der Waals surface area (Å²) in [5.74, 6) is -0.968. The van der Waals surface area contributed by atoms with E-state index in [-0.39, 0.29) is 18.2 Å². The normalized spacial score (nSPS) is 9.71. The lowest BCUT2D eigenvalue weighted by Crippen LogP contribution is -2.39. The molecule has 0 heterocycles. The second kappa shape index (κ2) is 9.91. The Hall–Kier alpha value is -1.28. The van der Waals surface area contributed by atoms with Gasteiger partial charge in [0, 0.05) is 12.9 Å². The molecule has 0 saturated heterocycles. The molecule has 0 atom stereocenters. The van der Waals surface area contributed by atoms with Crippen LogP contribution in [-0.4, -0.2) is 61.2 Å². The van der Waals surface area contributed by atoms with Crippen LogP contribution in [0.5, 0.6) is 0 Å². The number of ether oxygens (including phenoxy) is 1. The highest BCUT2D eigenvalue weighted by molar-refractivity contribution is 7.99. The van der Waals surface area contributed by atoms with E-state index in [0.717, 1.165) is 0 Å². The van der Waals surface area contributed by atoms with Crippen molar-refractivity contribution >= 4 is 29.5 Å². The van der Waals surface area contributed by atoms with E-state index in [0.29, 0.717) is 12.4 Å². The van der Waals surface area contributed by atoms with Gasteiger partial charge < -0.3 is 20.5 Å². The maximum atomic E-state index is 11.2. The first-order valence-electron chi connectivity index (χ1n) is 4.88. The number of methoxy groups -OCH3 is 1. The number of thioether (sulfide) groups is 1. The van der Waals surface area contributed by atoms with Gasteiger partial charge in [0.2, 0.25) is 11.8 Å². The summed E-state index contributed by atoms with van der Waals surface area (Å²) in [6, 6.07) is 0. The van der Waals surface area contributed by atoms with Crippen LogP contribution in [0.25, 0.3) is 0 Å². The topological polar surface area (TPSA) is 105 Å². The Morgan fingerprint density at radius 1 is 1.18 bits per heavy atom. The third kappa shape index (κ3) is 11.0. The quantitative estimate of drug-likeness (QED) is 0.446. The van der Waals surface area contributed by atoms with Gasteiger partial charge in [-0.15, -0.1) is 11.8 Å². The SMILES string of the molecule is COCCSCC(=O)NCC(=O)NCC(=O)O. The molecule has 0 aliphatic heterocycles. The number of nitrogens with one attached hydrogen (secondary N) is 2. The molecule has 3 N–H and O–H groups in total. The lowest BCUT2D eigenvalue weighted by molar-refractivity contribution is -0.137. The van der Waals surface area contributed by atoms with Gasteiger partial charge in [-0.2, -0.15) is 0 Å². The molecule has 0 aliphatic rings. The minimum absolute atomic E-state index is 0.211. The maximum absolute atomic E-state index is 11.2. The van der Waals surface area contributed by atoms with Crippen molar-refractivity contribution in [1.29, 1.82) is 0 Å². The van der Waals surface area contributed by atoms with E-state index >= 15 is 0 Å². The molecule has 0 aliphatic carbocycles. The molecular weight excluding hydrogens is 248 g/mol. The fraction of sp³-hybridized carbons (Fsp3) is 0.667. The molecule has 98 valence electrons. The highest BCUT2D eigenvalue weighted by atomic mass is 32.2. The first-order chi connectivity index (χ1) is 8.06. The van der Waals surface area contributed by atoms with Gasteiger partial charge in [0.25, 0.3) is 0 Å². The number of carboxylic acids is 1. The van der Waals surface area contributed by atoms with Crippen molar-refractivity contribution in [2.75, 3.05) is 38.3 Å². The van der Waals surface area contributed by atoms with Crippen molar-refractivity contribution in [3.63, 3.8) is 0 Å². The Balaban J connectivity index is 3.49. The van der Waals surface area contributed by atoms with E-state index in [9.17, 15) is 14.4 Å². The summed E-state index contributed by atoms with van der Waals surface area (Å²) in [4.78, 5) is 32.3. The predicted molar refractivity (Wildman–Crippen MR) is 62.9 cm³/mol. The van der Waals surface area contributed by atoms with Crippen LogP contribution in [0.15, 0.2) is 0 Å². The standard InChI is InChI=1S/C9H16N2O5S/c1-16-2-3-17-6-8(13)10-4-7(12)11-5-9(14)15/h2-6H2,1H3,(H,10,13)(H,11,12)(H,14,15). The molecule has 17 heavy (non-hydrogen) atoms. The Kier molecular flexibility index (Phi) is 9.17. The van der Waals surface area contributed by atoms with E-state index in [4.69, 9.17) is 9.84 Å². The highest BCUT2D eigenvalue weighted by Gasteiger charge is 2.06. The minimum atomic E-state index is -1.13. The number of amides is 2. The fourth-order valence-corrected chi connectivity index (χ4v) is 1.49. The summed E-state index contributed by atoms with van der Waals surface area (Å²) in [6.07, 6.45) is 0. The number of hydrogen-bond donors (Lipinski definition) is 3. The van der Waals surface area contributed by atoms with E-state index in [1.807, 2.05) is 0 Å². The van der Waals surface area contributed by atoms with Crippen LogP contribution < -0.4 is 10.6 Å². The third-order valence-electron chi connectivity index (χ3n) is 1.55. The molecule has 0 aromatic carbocycles.